The van der Waals surface area contributed by atoms with Crippen LogP contribution >= 0.6 is 0 Å². The highest BCUT2D eigenvalue weighted by Crippen LogP contribution is 2.35. The maximum atomic E-state index is 13.6. The fourth-order valence-electron chi connectivity index (χ4n) is 3.66. The van der Waals surface area contributed by atoms with Crippen LogP contribution in [0.4, 0.5) is 11.4 Å². The average molecular weight is 459 g/mol. The molecule has 7 heteroatoms. The number of carbonyl (C=O) groups excluding carboxylic acids is 2. The minimum atomic E-state index is -0.444. The molecule has 0 saturated heterocycles. The van der Waals surface area contributed by atoms with Gasteiger partial charge in [-0.3, -0.25) is 9.59 Å². The van der Waals surface area contributed by atoms with Crippen molar-refractivity contribution in [2.24, 2.45) is 0 Å². The van der Waals surface area contributed by atoms with Crippen LogP contribution in [-0.4, -0.2) is 32.6 Å². The molecule has 1 heterocycles. The molecule has 1 aliphatic heterocycles. The largest absolute Gasteiger partial charge is 0.497 e. The van der Waals surface area contributed by atoms with Gasteiger partial charge in [-0.2, -0.15) is 0 Å². The van der Waals surface area contributed by atoms with E-state index in [0.29, 0.717) is 40.8 Å². The van der Waals surface area contributed by atoms with Crippen molar-refractivity contribution in [1.82, 2.24) is 0 Å². The molecule has 3 aromatic carbocycles. The molecule has 0 aromatic heterocycles. The number of carbonyl (C=O) groups is 2. The normalized spacial score (nSPS) is 13.3. The molecule has 2 amide bonds. The summed E-state index contributed by atoms with van der Waals surface area (Å²) < 4.78 is 16.2. The number of rotatable bonds is 9. The van der Waals surface area contributed by atoms with E-state index in [1.54, 1.807) is 62.8 Å². The van der Waals surface area contributed by atoms with E-state index in [9.17, 15) is 9.59 Å². The van der Waals surface area contributed by atoms with E-state index in [1.165, 1.54) is 4.90 Å². The molecule has 3 aromatic rings. The first-order valence-corrected chi connectivity index (χ1v) is 11.0. The predicted octanol–water partition coefficient (Wildman–Crippen LogP) is 4.89. The lowest BCUT2D eigenvalue weighted by atomic mass is 10.0. The van der Waals surface area contributed by atoms with E-state index in [0.717, 1.165) is 6.42 Å². The van der Waals surface area contributed by atoms with Gasteiger partial charge < -0.3 is 19.5 Å². The van der Waals surface area contributed by atoms with Crippen molar-refractivity contribution in [3.8, 4) is 17.2 Å². The molecule has 4 rings (SSSR count). The van der Waals surface area contributed by atoms with Crippen LogP contribution < -0.4 is 24.4 Å². The number of methoxy groups -OCH3 is 2. The van der Waals surface area contributed by atoms with Crippen molar-refractivity contribution in [2.45, 2.75) is 13.3 Å². The fourth-order valence-corrected chi connectivity index (χ4v) is 3.66. The van der Waals surface area contributed by atoms with Crippen LogP contribution in [0.1, 0.15) is 18.9 Å². The first-order valence-electron chi connectivity index (χ1n) is 11.0. The molecule has 0 aliphatic carbocycles. The Morgan fingerprint density at radius 3 is 2.06 bits per heavy atom. The number of nitrogens with zero attached hydrogens (tertiary/aromatic N) is 1. The van der Waals surface area contributed by atoms with E-state index in [1.807, 2.05) is 31.2 Å². The Bertz CT molecular complexity index is 1220. The molecule has 0 saturated carbocycles. The van der Waals surface area contributed by atoms with Crippen LogP contribution in [0, 0.1) is 0 Å². The number of hydrogen-bond donors (Lipinski definition) is 1. The van der Waals surface area contributed by atoms with Gasteiger partial charge in [0.2, 0.25) is 0 Å². The Hall–Kier alpha value is -4.26. The van der Waals surface area contributed by atoms with Gasteiger partial charge in [-0.05, 0) is 60.5 Å². The fraction of sp³-hybridized carbons (Fsp3) is 0.185. The third kappa shape index (κ3) is 4.59. The predicted molar refractivity (Wildman–Crippen MR) is 131 cm³/mol. The van der Waals surface area contributed by atoms with E-state index < -0.39 is 11.8 Å². The average Bonchev–Trinajstić information content (AvgIpc) is 3.12. The lowest BCUT2D eigenvalue weighted by Gasteiger charge is -2.16. The van der Waals surface area contributed by atoms with Gasteiger partial charge in [-0.15, -0.1) is 0 Å². The lowest BCUT2D eigenvalue weighted by Crippen LogP contribution is -2.32. The Labute approximate surface area is 198 Å². The smallest absolute Gasteiger partial charge is 0.282 e. The maximum absolute atomic E-state index is 13.6. The summed E-state index contributed by atoms with van der Waals surface area (Å²) in [7, 11) is 3.13. The zero-order valence-corrected chi connectivity index (χ0v) is 19.3. The molecule has 0 unspecified atom stereocenters. The van der Waals surface area contributed by atoms with Gasteiger partial charge in [0.05, 0.1) is 32.1 Å². The summed E-state index contributed by atoms with van der Waals surface area (Å²) in [4.78, 5) is 28.3. The molecule has 34 heavy (non-hydrogen) atoms. The summed E-state index contributed by atoms with van der Waals surface area (Å²) in [6.07, 6.45) is 0.883. The molecular formula is C27H26N2O5. The topological polar surface area (TPSA) is 77.1 Å². The van der Waals surface area contributed by atoms with Crippen molar-refractivity contribution in [1.29, 1.82) is 0 Å². The first kappa shape index (κ1) is 22.9. The standard InChI is InChI=1S/C27H26N2O5/c1-4-16-34-23-7-5-6-19(17-23)28-25-24(18-8-12-21(32-2)13-9-18)26(30)29(27(25)31)20-10-14-22(33-3)15-11-20/h5-15,17,28H,4,16H2,1-3H3. The minimum absolute atomic E-state index is 0.193. The zero-order chi connectivity index (χ0) is 24.1. The monoisotopic (exact) mass is 458 g/mol. The minimum Gasteiger partial charge on any atom is -0.497 e. The molecule has 0 atom stereocenters. The zero-order valence-electron chi connectivity index (χ0n) is 19.3. The van der Waals surface area contributed by atoms with Crippen molar-refractivity contribution in [2.75, 3.05) is 31.0 Å². The van der Waals surface area contributed by atoms with Crippen molar-refractivity contribution in [3.05, 3.63) is 84.1 Å². The van der Waals surface area contributed by atoms with E-state index in [2.05, 4.69) is 5.32 Å². The SMILES string of the molecule is CCCOc1cccc(NC2=C(c3ccc(OC)cc3)C(=O)N(c3ccc(OC)cc3)C2=O)c1. The molecular weight excluding hydrogens is 432 g/mol. The Kier molecular flexibility index (Phi) is 6.82. The van der Waals surface area contributed by atoms with Gasteiger partial charge >= 0.3 is 0 Å². The number of amides is 2. The quantitative estimate of drug-likeness (QED) is 0.460. The van der Waals surface area contributed by atoms with Gasteiger partial charge in [-0.1, -0.05) is 25.1 Å². The summed E-state index contributed by atoms with van der Waals surface area (Å²) in [6, 6.07) is 21.1. The second-order valence-corrected chi connectivity index (χ2v) is 7.62. The Morgan fingerprint density at radius 2 is 1.44 bits per heavy atom. The molecule has 1 N–H and O–H groups in total. The Morgan fingerprint density at radius 1 is 0.794 bits per heavy atom. The van der Waals surface area contributed by atoms with Crippen LogP contribution in [0.3, 0.4) is 0 Å². The number of ether oxygens (including phenoxy) is 3. The summed E-state index contributed by atoms with van der Waals surface area (Å²) in [5.41, 5.74) is 2.18. The number of anilines is 2. The van der Waals surface area contributed by atoms with Gasteiger partial charge in [0.1, 0.15) is 22.9 Å². The van der Waals surface area contributed by atoms with E-state index >= 15 is 0 Å². The van der Waals surface area contributed by atoms with Crippen LogP contribution in [0.5, 0.6) is 17.2 Å². The van der Waals surface area contributed by atoms with Gasteiger partial charge in [0.15, 0.2) is 0 Å². The van der Waals surface area contributed by atoms with E-state index in [-0.39, 0.29) is 11.3 Å². The molecule has 174 valence electrons. The number of imide groups is 1. The van der Waals surface area contributed by atoms with Gasteiger partial charge in [-0.25, -0.2) is 4.90 Å². The molecule has 1 aliphatic rings. The highest BCUT2D eigenvalue weighted by atomic mass is 16.5. The van der Waals surface area contributed by atoms with Crippen LogP contribution in [-0.2, 0) is 9.59 Å². The molecule has 0 spiro atoms. The number of benzene rings is 3. The summed E-state index contributed by atoms with van der Waals surface area (Å²) >= 11 is 0. The highest BCUT2D eigenvalue weighted by molar-refractivity contribution is 6.46. The van der Waals surface area contributed by atoms with Crippen molar-refractivity contribution < 1.29 is 23.8 Å². The van der Waals surface area contributed by atoms with Crippen molar-refractivity contribution >= 4 is 28.8 Å². The van der Waals surface area contributed by atoms with Gasteiger partial charge in [0.25, 0.3) is 11.8 Å². The maximum Gasteiger partial charge on any atom is 0.282 e. The molecule has 0 fully saturated rings. The first-order chi connectivity index (χ1) is 16.5. The highest BCUT2D eigenvalue weighted by Gasteiger charge is 2.40. The molecule has 7 nitrogen and oxygen atoms in total. The van der Waals surface area contributed by atoms with Crippen LogP contribution in [0.25, 0.3) is 5.57 Å². The third-order valence-corrected chi connectivity index (χ3v) is 5.37. The van der Waals surface area contributed by atoms with Crippen molar-refractivity contribution in [3.63, 3.8) is 0 Å². The summed E-state index contributed by atoms with van der Waals surface area (Å²) in [5.74, 6) is 1.11. The summed E-state index contributed by atoms with van der Waals surface area (Å²) in [6.45, 7) is 2.62. The second kappa shape index (κ2) is 10.1. The van der Waals surface area contributed by atoms with Crippen LogP contribution in [0.15, 0.2) is 78.5 Å². The number of hydrogen-bond acceptors (Lipinski definition) is 6. The Balaban J connectivity index is 1.74. The van der Waals surface area contributed by atoms with Crippen LogP contribution in [0.2, 0.25) is 0 Å². The van der Waals surface area contributed by atoms with Gasteiger partial charge in [0, 0.05) is 11.8 Å². The number of nitrogens with one attached hydrogen (secondary N) is 1. The molecule has 0 radical (unpaired) electrons. The second-order valence-electron chi connectivity index (χ2n) is 7.62. The third-order valence-electron chi connectivity index (χ3n) is 5.37. The lowest BCUT2D eigenvalue weighted by molar-refractivity contribution is -0.120. The molecule has 0 bridgehead atoms. The summed E-state index contributed by atoms with van der Waals surface area (Å²) in [5, 5.41) is 3.17. The van der Waals surface area contributed by atoms with E-state index in [4.69, 9.17) is 14.2 Å².